The van der Waals surface area contributed by atoms with Gasteiger partial charge in [-0.1, -0.05) is 0 Å². The summed E-state index contributed by atoms with van der Waals surface area (Å²) < 4.78 is 0. The number of rotatable bonds is 6. The molecule has 5 heteroatoms. The molecule has 1 rings (SSSR count). The number of thioether (sulfide) groups is 1. The molecule has 100 valence electrons. The fourth-order valence-corrected chi connectivity index (χ4v) is 1.88. The molecule has 0 heterocycles. The van der Waals surface area contributed by atoms with Crippen LogP contribution in [0.5, 0.6) is 0 Å². The Kier molecular flexibility index (Phi) is 6.18. The van der Waals surface area contributed by atoms with Gasteiger partial charge in [0.1, 0.15) is 0 Å². The lowest BCUT2D eigenvalue weighted by Crippen LogP contribution is -2.40. The summed E-state index contributed by atoms with van der Waals surface area (Å²) in [5, 5.41) is 11.7. The van der Waals surface area contributed by atoms with Crippen molar-refractivity contribution in [3.05, 3.63) is 24.3 Å². The number of nitrogens with zero attached hydrogens (tertiary/aromatic N) is 1. The van der Waals surface area contributed by atoms with Gasteiger partial charge in [-0.05, 0) is 44.5 Å². The second-order valence-electron chi connectivity index (χ2n) is 4.10. The van der Waals surface area contributed by atoms with E-state index in [0.717, 1.165) is 5.69 Å². The highest BCUT2D eigenvalue weighted by atomic mass is 32.2. The van der Waals surface area contributed by atoms with Crippen LogP contribution in [0.3, 0.4) is 0 Å². The van der Waals surface area contributed by atoms with Crippen LogP contribution < -0.4 is 5.32 Å². The molecule has 0 spiro atoms. The number of carbonyl (C=O) groups excluding carboxylic acids is 1. The summed E-state index contributed by atoms with van der Waals surface area (Å²) in [4.78, 5) is 14.9. The number of amides is 1. The number of likely N-dealkylation sites (N-methyl/N-ethyl adjacent to an activating group) is 1. The Hall–Kier alpha value is -1.04. The van der Waals surface area contributed by atoms with Gasteiger partial charge in [-0.15, -0.1) is 11.8 Å². The van der Waals surface area contributed by atoms with Crippen LogP contribution in [0.1, 0.15) is 6.92 Å². The average Bonchev–Trinajstić information content (AvgIpc) is 2.39. The fourth-order valence-electron chi connectivity index (χ4n) is 1.47. The third-order valence-corrected chi connectivity index (χ3v) is 3.59. The molecule has 0 saturated heterocycles. The molecule has 0 aromatic heterocycles. The Balaban J connectivity index is 2.57. The molecule has 1 amide bonds. The van der Waals surface area contributed by atoms with Crippen molar-refractivity contribution in [2.24, 2.45) is 0 Å². The SMILES string of the molecule is CSc1ccc(NC(=O)C(C)N(C)CCO)cc1. The zero-order valence-corrected chi connectivity index (χ0v) is 11.8. The first-order valence-electron chi connectivity index (χ1n) is 5.84. The van der Waals surface area contributed by atoms with E-state index in [-0.39, 0.29) is 18.6 Å². The van der Waals surface area contributed by atoms with Gasteiger partial charge in [-0.2, -0.15) is 0 Å². The van der Waals surface area contributed by atoms with Crippen molar-refractivity contribution in [3.63, 3.8) is 0 Å². The van der Waals surface area contributed by atoms with Gasteiger partial charge in [0.15, 0.2) is 0 Å². The number of hydrogen-bond donors (Lipinski definition) is 2. The van der Waals surface area contributed by atoms with Crippen molar-refractivity contribution in [1.82, 2.24) is 4.90 Å². The van der Waals surface area contributed by atoms with Crippen molar-refractivity contribution in [2.45, 2.75) is 17.9 Å². The number of anilines is 1. The van der Waals surface area contributed by atoms with Crippen LogP contribution in [0.4, 0.5) is 5.69 Å². The van der Waals surface area contributed by atoms with Crippen LogP contribution >= 0.6 is 11.8 Å². The molecule has 1 unspecified atom stereocenters. The summed E-state index contributed by atoms with van der Waals surface area (Å²) in [6, 6.07) is 7.47. The predicted octanol–water partition coefficient (Wildman–Crippen LogP) is 1.66. The second kappa shape index (κ2) is 7.41. The van der Waals surface area contributed by atoms with Crippen molar-refractivity contribution >= 4 is 23.4 Å². The van der Waals surface area contributed by atoms with Gasteiger partial charge in [-0.3, -0.25) is 9.69 Å². The Labute approximate surface area is 112 Å². The zero-order valence-electron chi connectivity index (χ0n) is 11.0. The van der Waals surface area contributed by atoms with Gasteiger partial charge < -0.3 is 10.4 Å². The maximum atomic E-state index is 11.9. The van der Waals surface area contributed by atoms with Crippen LogP contribution in [-0.4, -0.2) is 48.4 Å². The molecule has 1 aromatic carbocycles. The maximum Gasteiger partial charge on any atom is 0.241 e. The monoisotopic (exact) mass is 268 g/mol. The van der Waals surface area contributed by atoms with Crippen molar-refractivity contribution < 1.29 is 9.90 Å². The molecule has 0 radical (unpaired) electrons. The van der Waals surface area contributed by atoms with Gasteiger partial charge in [0.2, 0.25) is 5.91 Å². The molecule has 0 fully saturated rings. The first-order valence-corrected chi connectivity index (χ1v) is 7.07. The van der Waals surface area contributed by atoms with Gasteiger partial charge >= 0.3 is 0 Å². The summed E-state index contributed by atoms with van der Waals surface area (Å²) >= 11 is 1.67. The summed E-state index contributed by atoms with van der Waals surface area (Å²) in [5.41, 5.74) is 0.794. The predicted molar refractivity (Wildman–Crippen MR) is 76.0 cm³/mol. The highest BCUT2D eigenvalue weighted by molar-refractivity contribution is 7.98. The van der Waals surface area contributed by atoms with Crippen molar-refractivity contribution in [1.29, 1.82) is 0 Å². The van der Waals surface area contributed by atoms with E-state index in [4.69, 9.17) is 5.11 Å². The summed E-state index contributed by atoms with van der Waals surface area (Å²) in [6.45, 7) is 2.36. The molecule has 0 aliphatic rings. The molecule has 0 aliphatic carbocycles. The van der Waals surface area contributed by atoms with E-state index in [1.165, 1.54) is 4.90 Å². The average molecular weight is 268 g/mol. The van der Waals surface area contributed by atoms with Gasteiger partial charge in [0, 0.05) is 17.1 Å². The Morgan fingerprint density at radius 1 is 1.44 bits per heavy atom. The van der Waals surface area contributed by atoms with Crippen molar-refractivity contribution in [2.75, 3.05) is 31.8 Å². The third kappa shape index (κ3) is 4.33. The Morgan fingerprint density at radius 3 is 2.56 bits per heavy atom. The van der Waals surface area contributed by atoms with Crippen LogP contribution in [-0.2, 0) is 4.79 Å². The van der Waals surface area contributed by atoms with E-state index in [2.05, 4.69) is 5.32 Å². The summed E-state index contributed by atoms with van der Waals surface area (Å²) in [7, 11) is 1.82. The molecule has 1 aromatic rings. The lowest BCUT2D eigenvalue weighted by molar-refractivity contribution is -0.120. The van der Waals surface area contributed by atoms with Gasteiger partial charge in [0.05, 0.1) is 12.6 Å². The third-order valence-electron chi connectivity index (χ3n) is 2.85. The van der Waals surface area contributed by atoms with E-state index in [0.29, 0.717) is 6.54 Å². The fraction of sp³-hybridized carbons (Fsp3) is 0.462. The number of aliphatic hydroxyl groups is 1. The van der Waals surface area contributed by atoms with E-state index in [1.54, 1.807) is 11.8 Å². The quantitative estimate of drug-likeness (QED) is 0.771. The lowest BCUT2D eigenvalue weighted by atomic mass is 10.2. The van der Waals surface area contributed by atoms with Crippen molar-refractivity contribution in [3.8, 4) is 0 Å². The minimum Gasteiger partial charge on any atom is -0.395 e. The molecule has 1 atom stereocenters. The number of benzene rings is 1. The number of aliphatic hydroxyl groups excluding tert-OH is 1. The highest BCUT2D eigenvalue weighted by Gasteiger charge is 2.17. The smallest absolute Gasteiger partial charge is 0.241 e. The van der Waals surface area contributed by atoms with E-state index < -0.39 is 0 Å². The highest BCUT2D eigenvalue weighted by Crippen LogP contribution is 2.17. The number of hydrogen-bond acceptors (Lipinski definition) is 4. The lowest BCUT2D eigenvalue weighted by Gasteiger charge is -2.22. The van der Waals surface area contributed by atoms with Crippen LogP contribution in [0.15, 0.2) is 29.2 Å². The molecular formula is C13H20N2O2S. The molecule has 0 saturated carbocycles. The minimum atomic E-state index is -0.266. The molecule has 18 heavy (non-hydrogen) atoms. The van der Waals surface area contributed by atoms with Gasteiger partial charge in [-0.25, -0.2) is 0 Å². The summed E-state index contributed by atoms with van der Waals surface area (Å²) in [5.74, 6) is -0.0668. The Morgan fingerprint density at radius 2 is 2.06 bits per heavy atom. The normalized spacial score (nSPS) is 12.5. The van der Waals surface area contributed by atoms with Crippen LogP contribution in [0.2, 0.25) is 0 Å². The molecular weight excluding hydrogens is 248 g/mol. The largest absolute Gasteiger partial charge is 0.395 e. The van der Waals surface area contributed by atoms with E-state index in [9.17, 15) is 4.79 Å². The molecule has 2 N–H and O–H groups in total. The first-order chi connectivity index (χ1) is 8.58. The maximum absolute atomic E-state index is 11.9. The number of nitrogens with one attached hydrogen (secondary N) is 1. The first kappa shape index (κ1) is 15.0. The topological polar surface area (TPSA) is 52.6 Å². The Bertz CT molecular complexity index is 381. The summed E-state index contributed by atoms with van der Waals surface area (Å²) in [6.07, 6.45) is 2.01. The van der Waals surface area contributed by atoms with E-state index >= 15 is 0 Å². The molecule has 0 bridgehead atoms. The second-order valence-corrected chi connectivity index (χ2v) is 4.98. The number of carbonyl (C=O) groups is 1. The van der Waals surface area contributed by atoms with Gasteiger partial charge in [0.25, 0.3) is 0 Å². The van der Waals surface area contributed by atoms with Crippen LogP contribution in [0.25, 0.3) is 0 Å². The standard InChI is InChI=1S/C13H20N2O2S/c1-10(15(2)8-9-16)13(17)14-11-4-6-12(18-3)7-5-11/h4-7,10,16H,8-9H2,1-3H3,(H,14,17). The minimum absolute atomic E-state index is 0.0521. The molecule has 0 aliphatic heterocycles. The molecule has 4 nitrogen and oxygen atoms in total. The van der Waals surface area contributed by atoms with E-state index in [1.807, 2.05) is 49.4 Å². The van der Waals surface area contributed by atoms with Crippen LogP contribution in [0, 0.1) is 0 Å². The zero-order chi connectivity index (χ0) is 13.5.